The van der Waals surface area contributed by atoms with Gasteiger partial charge in [-0.25, -0.2) is 18.4 Å². The molecule has 0 amide bonds. The summed E-state index contributed by atoms with van der Waals surface area (Å²) in [6.45, 7) is 9.99. The molecule has 1 N–H and O–H groups in total. The van der Waals surface area contributed by atoms with Crippen molar-refractivity contribution >= 4 is 44.5 Å². The third kappa shape index (κ3) is 7.38. The summed E-state index contributed by atoms with van der Waals surface area (Å²) in [5.41, 5.74) is 0.285. The number of halogens is 1. The fourth-order valence-electron chi connectivity index (χ4n) is 4.09. The quantitative estimate of drug-likeness (QED) is 0.489. The van der Waals surface area contributed by atoms with Crippen molar-refractivity contribution < 1.29 is 17.9 Å². The van der Waals surface area contributed by atoms with E-state index in [0.29, 0.717) is 41.2 Å². The zero-order chi connectivity index (χ0) is 25.8. The van der Waals surface area contributed by atoms with Crippen LogP contribution >= 0.6 is 11.6 Å². The van der Waals surface area contributed by atoms with Gasteiger partial charge < -0.3 is 15.0 Å². The lowest BCUT2D eigenvalue weighted by Gasteiger charge is -2.37. The van der Waals surface area contributed by atoms with Gasteiger partial charge in [-0.3, -0.25) is 4.79 Å². The van der Waals surface area contributed by atoms with Crippen LogP contribution < -0.4 is 10.2 Å². The molecule has 0 radical (unpaired) electrons. The van der Waals surface area contributed by atoms with Crippen LogP contribution in [0.15, 0.2) is 30.6 Å². The van der Waals surface area contributed by atoms with E-state index in [1.54, 1.807) is 38.4 Å². The first-order valence-electron chi connectivity index (χ1n) is 11.8. The maximum Gasteiger partial charge on any atom is 0.157 e. The molecular formula is C25H35ClN4O4S. The molecule has 1 fully saturated rings. The first-order valence-corrected chi connectivity index (χ1v) is 14.2. The predicted molar refractivity (Wildman–Crippen MR) is 141 cm³/mol. The van der Waals surface area contributed by atoms with Crippen molar-refractivity contribution in [2.75, 3.05) is 42.0 Å². The zero-order valence-corrected chi connectivity index (χ0v) is 22.6. The Hall–Kier alpha value is -2.23. The molecule has 8 nitrogen and oxygen atoms in total. The largest absolute Gasteiger partial charge is 0.381 e. The lowest BCUT2D eigenvalue weighted by atomic mass is 9.82. The average molecular weight is 523 g/mol. The van der Waals surface area contributed by atoms with Gasteiger partial charge in [0.2, 0.25) is 0 Å². The molecule has 192 valence electrons. The molecule has 0 aliphatic carbocycles. The number of nitrogens with zero attached hydrogens (tertiary/aromatic N) is 3. The molecule has 1 saturated heterocycles. The predicted octanol–water partition coefficient (Wildman–Crippen LogP) is 4.41. The Balaban J connectivity index is 2.07. The Bertz CT molecular complexity index is 1130. The second-order valence-corrected chi connectivity index (χ2v) is 12.7. The lowest BCUT2D eigenvalue weighted by Crippen LogP contribution is -2.42. The topological polar surface area (TPSA) is 101 Å². The molecule has 0 aromatic carbocycles. The van der Waals surface area contributed by atoms with Crippen molar-refractivity contribution in [3.05, 3.63) is 41.2 Å². The number of ketones is 1. The van der Waals surface area contributed by atoms with E-state index >= 15 is 0 Å². The Morgan fingerprint density at radius 3 is 2.49 bits per heavy atom. The second-order valence-electron chi connectivity index (χ2n) is 10.1. The fraction of sp³-hybridized carbons (Fsp3) is 0.560. The number of rotatable bonds is 10. The van der Waals surface area contributed by atoms with Gasteiger partial charge in [-0.15, -0.1) is 0 Å². The first kappa shape index (κ1) is 27.4. The Labute approximate surface area is 213 Å². The van der Waals surface area contributed by atoms with Crippen LogP contribution in [0.4, 0.5) is 17.3 Å². The highest BCUT2D eigenvalue weighted by atomic mass is 35.5. The van der Waals surface area contributed by atoms with Crippen LogP contribution in [-0.2, 0) is 24.8 Å². The Morgan fingerprint density at radius 2 is 1.91 bits per heavy atom. The van der Waals surface area contributed by atoms with Gasteiger partial charge in [-0.05, 0) is 56.4 Å². The number of ether oxygens (including phenoxy) is 1. The van der Waals surface area contributed by atoms with Crippen LogP contribution in [0.5, 0.6) is 0 Å². The maximum absolute atomic E-state index is 12.9. The van der Waals surface area contributed by atoms with Crippen molar-refractivity contribution in [3.63, 3.8) is 0 Å². The molecule has 35 heavy (non-hydrogen) atoms. The SMILES string of the molecule is CC(C)CN(c1ncc(C(C)(C)C(=O)CS(C)(=O)=O)cc1Nc1ccc(Cl)cn1)C1CCOCC1. The number of carbonyl (C=O) groups excluding carboxylic acids is 1. The number of hydrogen-bond acceptors (Lipinski definition) is 8. The minimum Gasteiger partial charge on any atom is -0.381 e. The average Bonchev–Trinajstić information content (AvgIpc) is 2.78. The number of sulfone groups is 1. The van der Waals surface area contributed by atoms with Crippen LogP contribution in [-0.4, -0.2) is 62.0 Å². The Morgan fingerprint density at radius 1 is 1.23 bits per heavy atom. The minimum absolute atomic E-state index is 0.267. The molecular weight excluding hydrogens is 488 g/mol. The van der Waals surface area contributed by atoms with Gasteiger partial charge in [0, 0.05) is 44.4 Å². The molecule has 0 bridgehead atoms. The number of hydrogen-bond donors (Lipinski definition) is 1. The van der Waals surface area contributed by atoms with Gasteiger partial charge in [0.05, 0.1) is 16.1 Å². The molecule has 2 aromatic rings. The standard InChI is InChI=1S/C25H35ClN4O4S/c1-17(2)15-30(20-8-10-34-11-9-20)24-21(29-23-7-6-19(26)14-27-23)12-18(13-28-24)25(3,4)22(31)16-35(5,32)33/h6-7,12-14,17,20H,8-11,15-16H2,1-5H3,(H,27,29). The maximum atomic E-state index is 12.9. The van der Waals surface area contributed by atoms with Crippen molar-refractivity contribution in [1.82, 2.24) is 9.97 Å². The molecule has 1 aliphatic rings. The highest BCUT2D eigenvalue weighted by Gasteiger charge is 2.34. The molecule has 0 unspecified atom stereocenters. The van der Waals surface area contributed by atoms with Crippen LogP contribution in [0.1, 0.15) is 46.1 Å². The van der Waals surface area contributed by atoms with Gasteiger partial charge >= 0.3 is 0 Å². The van der Waals surface area contributed by atoms with Crippen molar-refractivity contribution in [2.45, 2.75) is 52.0 Å². The number of pyridine rings is 2. The summed E-state index contributed by atoms with van der Waals surface area (Å²) in [5, 5.41) is 3.88. The molecule has 10 heteroatoms. The second kappa shape index (κ2) is 11.2. The first-order chi connectivity index (χ1) is 16.4. The van der Waals surface area contributed by atoms with Crippen molar-refractivity contribution in [3.8, 4) is 0 Å². The normalized spacial score (nSPS) is 15.3. The minimum atomic E-state index is -3.46. The zero-order valence-electron chi connectivity index (χ0n) is 21.0. The smallest absolute Gasteiger partial charge is 0.157 e. The summed E-state index contributed by atoms with van der Waals surface area (Å²) in [4.78, 5) is 24.4. The van der Waals surface area contributed by atoms with E-state index in [4.69, 9.17) is 21.3 Å². The van der Waals surface area contributed by atoms with E-state index in [1.807, 2.05) is 6.07 Å². The van der Waals surface area contributed by atoms with E-state index in [-0.39, 0.29) is 11.8 Å². The summed E-state index contributed by atoms with van der Waals surface area (Å²) in [6.07, 6.45) is 6.10. The van der Waals surface area contributed by atoms with E-state index in [0.717, 1.165) is 31.5 Å². The van der Waals surface area contributed by atoms with E-state index in [9.17, 15) is 13.2 Å². The summed E-state index contributed by atoms with van der Waals surface area (Å²) >= 11 is 6.02. The van der Waals surface area contributed by atoms with Gasteiger partial charge in [-0.1, -0.05) is 25.4 Å². The third-order valence-corrected chi connectivity index (χ3v) is 7.14. The van der Waals surface area contributed by atoms with E-state index in [2.05, 4.69) is 29.0 Å². The summed E-state index contributed by atoms with van der Waals surface area (Å²) < 4.78 is 29.2. The van der Waals surface area contributed by atoms with E-state index in [1.165, 1.54) is 0 Å². The van der Waals surface area contributed by atoms with Gasteiger partial charge in [0.1, 0.15) is 11.6 Å². The molecule has 0 spiro atoms. The highest BCUT2D eigenvalue weighted by molar-refractivity contribution is 7.91. The summed E-state index contributed by atoms with van der Waals surface area (Å²) in [6, 6.07) is 5.67. The monoisotopic (exact) mass is 522 g/mol. The Kier molecular flexibility index (Phi) is 8.77. The molecule has 0 saturated carbocycles. The highest BCUT2D eigenvalue weighted by Crippen LogP contribution is 2.35. The molecule has 1 aliphatic heterocycles. The number of aromatic nitrogens is 2. The molecule has 3 heterocycles. The van der Waals surface area contributed by atoms with Crippen molar-refractivity contribution in [2.24, 2.45) is 5.92 Å². The van der Waals surface area contributed by atoms with Crippen LogP contribution in [0.2, 0.25) is 5.02 Å². The third-order valence-electron chi connectivity index (χ3n) is 6.13. The van der Waals surface area contributed by atoms with Crippen molar-refractivity contribution in [1.29, 1.82) is 0 Å². The van der Waals surface area contributed by atoms with Crippen LogP contribution in [0.3, 0.4) is 0 Å². The number of carbonyl (C=O) groups is 1. The fourth-order valence-corrected chi connectivity index (χ4v) is 5.04. The number of anilines is 3. The van der Waals surface area contributed by atoms with E-state index < -0.39 is 21.0 Å². The van der Waals surface area contributed by atoms with Gasteiger partial charge in [0.15, 0.2) is 21.4 Å². The van der Waals surface area contributed by atoms with Gasteiger partial charge in [-0.2, -0.15) is 0 Å². The number of nitrogens with one attached hydrogen (secondary N) is 1. The molecule has 0 atom stereocenters. The summed E-state index contributed by atoms with van der Waals surface area (Å²) in [5.74, 6) is 0.844. The lowest BCUT2D eigenvalue weighted by molar-refractivity contribution is -0.121. The number of Topliss-reactive ketones (excluding diaryl/α,β-unsaturated/α-hetero) is 1. The van der Waals surface area contributed by atoms with Crippen LogP contribution in [0.25, 0.3) is 0 Å². The molecule has 3 rings (SSSR count). The van der Waals surface area contributed by atoms with Crippen LogP contribution in [0, 0.1) is 5.92 Å². The summed E-state index contributed by atoms with van der Waals surface area (Å²) in [7, 11) is -3.46. The molecule has 2 aromatic heterocycles. The van der Waals surface area contributed by atoms with Gasteiger partial charge in [0.25, 0.3) is 0 Å².